The molecule has 0 radical (unpaired) electrons. The van der Waals surface area contributed by atoms with Gasteiger partial charge in [-0.25, -0.2) is 8.42 Å². The predicted octanol–water partition coefficient (Wildman–Crippen LogP) is 2.83. The Balaban J connectivity index is 2.76. The van der Waals surface area contributed by atoms with Gasteiger partial charge in [0.2, 0.25) is 0 Å². The van der Waals surface area contributed by atoms with Crippen LogP contribution in [-0.4, -0.2) is 19.7 Å². The van der Waals surface area contributed by atoms with E-state index in [2.05, 4.69) is 26.1 Å². The molecule has 1 rings (SSSR count). The summed E-state index contributed by atoms with van der Waals surface area (Å²) in [7, 11) is -2.94. The molecular weight excluding hydrogens is 234 g/mol. The normalized spacial score (nSPS) is 12.5. The van der Waals surface area contributed by atoms with Gasteiger partial charge in [0.15, 0.2) is 9.84 Å². The van der Waals surface area contributed by atoms with Crippen molar-refractivity contribution < 1.29 is 8.42 Å². The zero-order chi connectivity index (χ0) is 13.1. The topological polar surface area (TPSA) is 46.2 Å². The van der Waals surface area contributed by atoms with E-state index in [4.69, 9.17) is 0 Å². The molecule has 96 valence electrons. The Morgan fingerprint density at radius 2 is 1.65 bits per heavy atom. The van der Waals surface area contributed by atoms with Gasteiger partial charge in [0, 0.05) is 17.0 Å². The molecule has 0 atom stereocenters. The van der Waals surface area contributed by atoms with Crippen LogP contribution < -0.4 is 5.32 Å². The van der Waals surface area contributed by atoms with Crippen molar-refractivity contribution in [2.24, 2.45) is 0 Å². The van der Waals surface area contributed by atoms with Crippen LogP contribution in [0.4, 0.5) is 5.69 Å². The molecule has 0 fully saturated rings. The third-order valence-corrected chi connectivity index (χ3v) is 3.95. The SMILES string of the molecule is CCS(=O)(=O)Cc1ccc(NC(C)(C)C)cc1. The van der Waals surface area contributed by atoms with Crippen molar-refractivity contribution in [1.82, 2.24) is 0 Å². The molecule has 0 aliphatic rings. The van der Waals surface area contributed by atoms with Crippen LogP contribution in [0.3, 0.4) is 0 Å². The van der Waals surface area contributed by atoms with Gasteiger partial charge >= 0.3 is 0 Å². The summed E-state index contributed by atoms with van der Waals surface area (Å²) in [5, 5.41) is 3.34. The smallest absolute Gasteiger partial charge is 0.154 e. The van der Waals surface area contributed by atoms with Crippen molar-refractivity contribution in [3.05, 3.63) is 29.8 Å². The third kappa shape index (κ3) is 5.22. The Bertz CT molecular complexity index is 455. The van der Waals surface area contributed by atoms with Crippen LogP contribution in [0.5, 0.6) is 0 Å². The molecular formula is C13H21NO2S. The minimum Gasteiger partial charge on any atom is -0.380 e. The first-order chi connectivity index (χ1) is 7.72. The molecule has 0 saturated carbocycles. The molecule has 1 N–H and O–H groups in total. The van der Waals surface area contributed by atoms with E-state index in [0.29, 0.717) is 0 Å². The van der Waals surface area contributed by atoms with E-state index in [9.17, 15) is 8.42 Å². The summed E-state index contributed by atoms with van der Waals surface area (Å²) in [6.45, 7) is 7.93. The first-order valence-corrected chi connectivity index (χ1v) is 7.61. The van der Waals surface area contributed by atoms with Gasteiger partial charge in [-0.2, -0.15) is 0 Å². The lowest BCUT2D eigenvalue weighted by atomic mass is 10.1. The number of hydrogen-bond donors (Lipinski definition) is 1. The highest BCUT2D eigenvalue weighted by molar-refractivity contribution is 7.90. The molecule has 4 heteroatoms. The zero-order valence-corrected chi connectivity index (χ0v) is 11.8. The quantitative estimate of drug-likeness (QED) is 0.900. The predicted molar refractivity (Wildman–Crippen MR) is 73.0 cm³/mol. The lowest BCUT2D eigenvalue weighted by Crippen LogP contribution is -2.25. The minimum absolute atomic E-state index is 0.0109. The number of hydrogen-bond acceptors (Lipinski definition) is 3. The maximum atomic E-state index is 11.5. The summed E-state index contributed by atoms with van der Waals surface area (Å²) in [4.78, 5) is 0. The maximum Gasteiger partial charge on any atom is 0.154 e. The standard InChI is InChI=1S/C13H21NO2S/c1-5-17(15,16)10-11-6-8-12(9-7-11)14-13(2,3)4/h6-9,14H,5,10H2,1-4H3. The molecule has 0 heterocycles. The molecule has 1 aromatic rings. The van der Waals surface area contributed by atoms with E-state index in [-0.39, 0.29) is 17.0 Å². The Morgan fingerprint density at radius 3 is 2.06 bits per heavy atom. The Labute approximate surface area is 104 Å². The van der Waals surface area contributed by atoms with Crippen molar-refractivity contribution in [1.29, 1.82) is 0 Å². The van der Waals surface area contributed by atoms with Crippen LogP contribution >= 0.6 is 0 Å². The second kappa shape index (κ2) is 5.08. The number of sulfone groups is 1. The van der Waals surface area contributed by atoms with Crippen molar-refractivity contribution in [2.45, 2.75) is 39.0 Å². The van der Waals surface area contributed by atoms with Gasteiger partial charge in [0.25, 0.3) is 0 Å². The second-order valence-electron chi connectivity index (χ2n) is 5.25. The molecule has 0 bridgehead atoms. The second-order valence-corrected chi connectivity index (χ2v) is 7.60. The molecule has 0 aliphatic carbocycles. The molecule has 0 amide bonds. The summed E-state index contributed by atoms with van der Waals surface area (Å²) in [5.74, 6) is 0.314. The van der Waals surface area contributed by atoms with Crippen LogP contribution in [-0.2, 0) is 15.6 Å². The van der Waals surface area contributed by atoms with Crippen LogP contribution in [0.2, 0.25) is 0 Å². The van der Waals surface area contributed by atoms with Gasteiger partial charge in [0.1, 0.15) is 0 Å². The monoisotopic (exact) mass is 255 g/mol. The molecule has 3 nitrogen and oxygen atoms in total. The summed E-state index contributed by atoms with van der Waals surface area (Å²) in [5.41, 5.74) is 1.86. The maximum absolute atomic E-state index is 11.5. The molecule has 0 spiro atoms. The molecule has 0 saturated heterocycles. The average molecular weight is 255 g/mol. The fraction of sp³-hybridized carbons (Fsp3) is 0.538. The number of benzene rings is 1. The van der Waals surface area contributed by atoms with Gasteiger partial charge in [-0.15, -0.1) is 0 Å². The largest absolute Gasteiger partial charge is 0.380 e. The van der Waals surface area contributed by atoms with Gasteiger partial charge in [0.05, 0.1) is 5.75 Å². The lowest BCUT2D eigenvalue weighted by Gasteiger charge is -2.22. The number of nitrogens with one attached hydrogen (secondary N) is 1. The molecule has 1 aromatic carbocycles. The van der Waals surface area contributed by atoms with E-state index in [0.717, 1.165) is 11.3 Å². The average Bonchev–Trinajstić information content (AvgIpc) is 2.19. The zero-order valence-electron chi connectivity index (χ0n) is 10.9. The van der Waals surface area contributed by atoms with Gasteiger partial charge < -0.3 is 5.32 Å². The summed E-state index contributed by atoms with van der Waals surface area (Å²) < 4.78 is 22.9. The minimum atomic E-state index is -2.94. The van der Waals surface area contributed by atoms with Crippen molar-refractivity contribution in [3.63, 3.8) is 0 Å². The molecule has 0 unspecified atom stereocenters. The third-order valence-electron chi connectivity index (χ3n) is 2.30. The fourth-order valence-corrected chi connectivity index (χ4v) is 2.38. The van der Waals surface area contributed by atoms with Crippen LogP contribution in [0, 0.1) is 0 Å². The van der Waals surface area contributed by atoms with Gasteiger partial charge in [-0.1, -0.05) is 19.1 Å². The van der Waals surface area contributed by atoms with Crippen molar-refractivity contribution >= 4 is 15.5 Å². The summed E-state index contributed by atoms with van der Waals surface area (Å²) >= 11 is 0. The van der Waals surface area contributed by atoms with Crippen molar-refractivity contribution in [2.75, 3.05) is 11.1 Å². The van der Waals surface area contributed by atoms with Crippen LogP contribution in [0.1, 0.15) is 33.3 Å². The van der Waals surface area contributed by atoms with E-state index >= 15 is 0 Å². The van der Waals surface area contributed by atoms with E-state index < -0.39 is 9.84 Å². The highest BCUT2D eigenvalue weighted by atomic mass is 32.2. The molecule has 0 aromatic heterocycles. The lowest BCUT2D eigenvalue weighted by molar-refractivity contribution is 0.596. The van der Waals surface area contributed by atoms with Crippen LogP contribution in [0.15, 0.2) is 24.3 Å². The Kier molecular flexibility index (Phi) is 4.20. The van der Waals surface area contributed by atoms with Gasteiger partial charge in [-0.05, 0) is 38.5 Å². The number of rotatable bonds is 4. The number of anilines is 1. The van der Waals surface area contributed by atoms with Crippen molar-refractivity contribution in [3.8, 4) is 0 Å². The first kappa shape index (κ1) is 14.0. The first-order valence-electron chi connectivity index (χ1n) is 5.79. The Hall–Kier alpha value is -1.03. The fourth-order valence-electron chi connectivity index (χ4n) is 1.47. The van der Waals surface area contributed by atoms with Crippen LogP contribution in [0.25, 0.3) is 0 Å². The highest BCUT2D eigenvalue weighted by Gasteiger charge is 2.11. The summed E-state index contributed by atoms with van der Waals surface area (Å²) in [6.07, 6.45) is 0. The van der Waals surface area contributed by atoms with E-state index in [1.54, 1.807) is 6.92 Å². The highest BCUT2D eigenvalue weighted by Crippen LogP contribution is 2.16. The Morgan fingerprint density at radius 1 is 1.12 bits per heavy atom. The van der Waals surface area contributed by atoms with Gasteiger partial charge in [-0.3, -0.25) is 0 Å². The molecule has 0 aliphatic heterocycles. The summed E-state index contributed by atoms with van der Waals surface area (Å²) in [6, 6.07) is 7.57. The van der Waals surface area contributed by atoms with E-state index in [1.807, 2.05) is 24.3 Å². The van der Waals surface area contributed by atoms with E-state index in [1.165, 1.54) is 0 Å². The molecule has 17 heavy (non-hydrogen) atoms.